The van der Waals surface area contributed by atoms with E-state index in [0.717, 1.165) is 23.3 Å². The molecule has 0 aliphatic heterocycles. The maximum absolute atomic E-state index is 12.7. The Morgan fingerprint density at radius 2 is 1.92 bits per heavy atom. The van der Waals surface area contributed by atoms with Gasteiger partial charge < -0.3 is 9.47 Å². The standard InChI is InChI=1S/C20H24N4O/c1-14(2)24-15(3)22-18-13-17(5-6-19(18)24)20(25)23(4)12-9-16-7-10-21-11-8-16/h5-8,10-11,13-14H,9,12H2,1-4H3. The number of likely N-dealkylation sites (N-methyl/N-ethyl adjacent to an activating group) is 1. The molecule has 25 heavy (non-hydrogen) atoms. The Bertz CT molecular complexity index is 883. The fourth-order valence-corrected chi connectivity index (χ4v) is 3.17. The summed E-state index contributed by atoms with van der Waals surface area (Å²) in [4.78, 5) is 23.1. The lowest BCUT2D eigenvalue weighted by Crippen LogP contribution is -2.28. The molecule has 0 unspecified atom stereocenters. The van der Waals surface area contributed by atoms with Gasteiger partial charge in [-0.1, -0.05) is 0 Å². The molecule has 0 atom stereocenters. The second kappa shape index (κ2) is 7.05. The van der Waals surface area contributed by atoms with Crippen molar-refractivity contribution in [2.24, 2.45) is 0 Å². The molecule has 2 aromatic heterocycles. The van der Waals surface area contributed by atoms with Crippen LogP contribution < -0.4 is 0 Å². The van der Waals surface area contributed by atoms with Crippen LogP contribution in [0, 0.1) is 6.92 Å². The first-order valence-electron chi connectivity index (χ1n) is 8.60. The van der Waals surface area contributed by atoms with Crippen LogP contribution in [-0.2, 0) is 6.42 Å². The SMILES string of the molecule is Cc1nc2cc(C(=O)N(C)CCc3ccncc3)ccc2n1C(C)C. The summed E-state index contributed by atoms with van der Waals surface area (Å²) in [6.07, 6.45) is 4.37. The molecule has 1 amide bonds. The summed E-state index contributed by atoms with van der Waals surface area (Å²) in [6.45, 7) is 6.95. The zero-order valence-corrected chi connectivity index (χ0v) is 15.2. The van der Waals surface area contributed by atoms with Gasteiger partial charge in [0, 0.05) is 37.6 Å². The number of carbonyl (C=O) groups excluding carboxylic acids is 1. The molecule has 0 saturated heterocycles. The van der Waals surface area contributed by atoms with Crippen LogP contribution in [0.25, 0.3) is 11.0 Å². The average Bonchev–Trinajstić information content (AvgIpc) is 2.94. The Balaban J connectivity index is 1.77. The lowest BCUT2D eigenvalue weighted by Gasteiger charge is -2.17. The van der Waals surface area contributed by atoms with Crippen LogP contribution in [0.5, 0.6) is 0 Å². The molecule has 5 heteroatoms. The molecule has 3 aromatic rings. The number of rotatable bonds is 5. The summed E-state index contributed by atoms with van der Waals surface area (Å²) in [6, 6.07) is 10.1. The zero-order valence-electron chi connectivity index (χ0n) is 15.2. The smallest absolute Gasteiger partial charge is 0.253 e. The van der Waals surface area contributed by atoms with E-state index < -0.39 is 0 Å². The lowest BCUT2D eigenvalue weighted by atomic mass is 10.1. The van der Waals surface area contributed by atoms with E-state index in [-0.39, 0.29) is 5.91 Å². The monoisotopic (exact) mass is 336 g/mol. The Labute approximate surface area is 148 Å². The third-order valence-electron chi connectivity index (χ3n) is 4.46. The van der Waals surface area contributed by atoms with E-state index in [1.54, 1.807) is 17.3 Å². The number of fused-ring (bicyclic) bond motifs is 1. The van der Waals surface area contributed by atoms with Crippen molar-refractivity contribution in [2.75, 3.05) is 13.6 Å². The minimum absolute atomic E-state index is 0.0210. The molecule has 0 bridgehead atoms. The largest absolute Gasteiger partial charge is 0.341 e. The van der Waals surface area contributed by atoms with Gasteiger partial charge in [0.15, 0.2) is 0 Å². The van der Waals surface area contributed by atoms with Gasteiger partial charge in [0.25, 0.3) is 5.91 Å². The molecule has 2 heterocycles. The highest BCUT2D eigenvalue weighted by atomic mass is 16.2. The summed E-state index contributed by atoms with van der Waals surface area (Å²) in [7, 11) is 1.84. The van der Waals surface area contributed by atoms with E-state index in [2.05, 4.69) is 28.4 Å². The number of benzene rings is 1. The van der Waals surface area contributed by atoms with Gasteiger partial charge in [-0.3, -0.25) is 9.78 Å². The molecule has 0 radical (unpaired) electrons. The van der Waals surface area contributed by atoms with Crippen LogP contribution in [-0.4, -0.2) is 38.9 Å². The summed E-state index contributed by atoms with van der Waals surface area (Å²) in [5, 5.41) is 0. The highest BCUT2D eigenvalue weighted by Gasteiger charge is 2.15. The number of hydrogen-bond donors (Lipinski definition) is 0. The van der Waals surface area contributed by atoms with Crippen LogP contribution in [0.1, 0.15) is 41.6 Å². The highest BCUT2D eigenvalue weighted by molar-refractivity contribution is 5.97. The first kappa shape index (κ1) is 17.1. The highest BCUT2D eigenvalue weighted by Crippen LogP contribution is 2.22. The van der Waals surface area contributed by atoms with E-state index in [9.17, 15) is 4.79 Å². The van der Waals surface area contributed by atoms with Gasteiger partial charge in [-0.2, -0.15) is 0 Å². The topological polar surface area (TPSA) is 51.0 Å². The van der Waals surface area contributed by atoms with Crippen LogP contribution in [0.3, 0.4) is 0 Å². The van der Waals surface area contributed by atoms with Gasteiger partial charge in [-0.25, -0.2) is 4.98 Å². The maximum atomic E-state index is 12.7. The van der Waals surface area contributed by atoms with Crippen molar-refractivity contribution in [3.05, 3.63) is 59.7 Å². The van der Waals surface area contributed by atoms with E-state index in [4.69, 9.17) is 0 Å². The first-order valence-corrected chi connectivity index (χ1v) is 8.60. The van der Waals surface area contributed by atoms with Crippen molar-refractivity contribution in [1.82, 2.24) is 19.4 Å². The Morgan fingerprint density at radius 1 is 1.20 bits per heavy atom. The maximum Gasteiger partial charge on any atom is 0.253 e. The Kier molecular flexibility index (Phi) is 4.83. The van der Waals surface area contributed by atoms with Crippen LogP contribution >= 0.6 is 0 Å². The predicted octanol–water partition coefficient (Wildman–Crippen LogP) is 3.64. The third-order valence-corrected chi connectivity index (χ3v) is 4.46. The zero-order chi connectivity index (χ0) is 18.0. The van der Waals surface area contributed by atoms with Gasteiger partial charge in [-0.15, -0.1) is 0 Å². The average molecular weight is 336 g/mol. The summed E-state index contributed by atoms with van der Waals surface area (Å²) in [5.41, 5.74) is 3.80. The molecule has 0 N–H and O–H groups in total. The second-order valence-electron chi connectivity index (χ2n) is 6.66. The normalized spacial score (nSPS) is 11.2. The molecule has 1 aromatic carbocycles. The van der Waals surface area contributed by atoms with Crippen LogP contribution in [0.15, 0.2) is 42.7 Å². The van der Waals surface area contributed by atoms with Gasteiger partial charge in [0.2, 0.25) is 0 Å². The summed E-state index contributed by atoms with van der Waals surface area (Å²) in [5.74, 6) is 0.994. The summed E-state index contributed by atoms with van der Waals surface area (Å²) < 4.78 is 2.19. The molecule has 5 nitrogen and oxygen atoms in total. The first-order chi connectivity index (χ1) is 12.0. The molecule has 0 aliphatic carbocycles. The minimum Gasteiger partial charge on any atom is -0.341 e. The number of amides is 1. The molecule has 130 valence electrons. The van der Waals surface area contributed by atoms with Crippen LogP contribution in [0.2, 0.25) is 0 Å². The van der Waals surface area contributed by atoms with E-state index in [1.165, 1.54) is 5.56 Å². The number of pyridine rings is 1. The number of hydrogen-bond acceptors (Lipinski definition) is 3. The predicted molar refractivity (Wildman–Crippen MR) is 99.8 cm³/mol. The third kappa shape index (κ3) is 3.55. The number of aryl methyl sites for hydroxylation is 1. The Hall–Kier alpha value is -2.69. The van der Waals surface area contributed by atoms with Gasteiger partial charge >= 0.3 is 0 Å². The van der Waals surface area contributed by atoms with Gasteiger partial charge in [0.05, 0.1) is 11.0 Å². The fourth-order valence-electron chi connectivity index (χ4n) is 3.17. The van der Waals surface area contributed by atoms with E-state index >= 15 is 0 Å². The summed E-state index contributed by atoms with van der Waals surface area (Å²) >= 11 is 0. The van der Waals surface area contributed by atoms with Crippen molar-refractivity contribution in [1.29, 1.82) is 0 Å². The quantitative estimate of drug-likeness (QED) is 0.715. The van der Waals surface area contributed by atoms with Gasteiger partial charge in [0.1, 0.15) is 5.82 Å². The molecule has 0 spiro atoms. The Morgan fingerprint density at radius 3 is 2.60 bits per heavy atom. The van der Waals surface area contributed by atoms with Crippen molar-refractivity contribution in [2.45, 2.75) is 33.2 Å². The number of aromatic nitrogens is 3. The molecular weight excluding hydrogens is 312 g/mol. The molecule has 0 fully saturated rings. The minimum atomic E-state index is 0.0210. The van der Waals surface area contributed by atoms with Crippen molar-refractivity contribution >= 4 is 16.9 Å². The van der Waals surface area contributed by atoms with Gasteiger partial charge in [-0.05, 0) is 63.1 Å². The molecular formula is C20H24N4O. The van der Waals surface area contributed by atoms with Crippen molar-refractivity contribution in [3.8, 4) is 0 Å². The molecule has 3 rings (SSSR count). The molecule has 0 aliphatic rings. The number of imidazole rings is 1. The van der Waals surface area contributed by atoms with E-state index in [0.29, 0.717) is 18.2 Å². The second-order valence-corrected chi connectivity index (χ2v) is 6.66. The molecule has 0 saturated carbocycles. The lowest BCUT2D eigenvalue weighted by molar-refractivity contribution is 0.0797. The van der Waals surface area contributed by atoms with Crippen LogP contribution in [0.4, 0.5) is 0 Å². The number of nitrogens with zero attached hydrogens (tertiary/aromatic N) is 4. The van der Waals surface area contributed by atoms with E-state index in [1.807, 2.05) is 44.3 Å². The fraction of sp³-hybridized carbons (Fsp3) is 0.350. The van der Waals surface area contributed by atoms with Crippen molar-refractivity contribution in [3.63, 3.8) is 0 Å². The number of carbonyl (C=O) groups is 1. The van der Waals surface area contributed by atoms with Crippen molar-refractivity contribution < 1.29 is 4.79 Å².